The number of thioether (sulfide) groups is 1. The molecule has 2 unspecified atom stereocenters. The summed E-state index contributed by atoms with van der Waals surface area (Å²) in [6.07, 6.45) is 2.10. The predicted octanol–water partition coefficient (Wildman–Crippen LogP) is 5.41. The second-order valence-corrected chi connectivity index (χ2v) is 7.15. The molecule has 1 aliphatic heterocycles. The van der Waals surface area contributed by atoms with Crippen LogP contribution in [0.4, 0.5) is 4.39 Å². The molecule has 0 spiro atoms. The van der Waals surface area contributed by atoms with E-state index in [2.05, 4.69) is 40.2 Å². The number of halogens is 2. The van der Waals surface area contributed by atoms with Gasteiger partial charge in [0.2, 0.25) is 0 Å². The van der Waals surface area contributed by atoms with E-state index in [1.165, 1.54) is 10.5 Å². The lowest BCUT2D eigenvalue weighted by molar-refractivity contribution is 0.573. The van der Waals surface area contributed by atoms with Crippen LogP contribution >= 0.6 is 27.7 Å². The minimum absolute atomic E-state index is 0.0857. The van der Waals surface area contributed by atoms with E-state index in [9.17, 15) is 4.39 Å². The average Bonchev–Trinajstić information content (AvgIpc) is 2.88. The highest BCUT2D eigenvalue weighted by molar-refractivity contribution is 9.09. The summed E-state index contributed by atoms with van der Waals surface area (Å²) in [6.45, 7) is 0. The van der Waals surface area contributed by atoms with Crippen LogP contribution in [0.2, 0.25) is 0 Å². The molecule has 3 heteroatoms. The van der Waals surface area contributed by atoms with E-state index >= 15 is 0 Å². The third-order valence-electron chi connectivity index (χ3n) is 3.79. The number of benzene rings is 2. The Labute approximate surface area is 131 Å². The highest BCUT2D eigenvalue weighted by Crippen LogP contribution is 2.41. The zero-order valence-electron chi connectivity index (χ0n) is 11.1. The van der Waals surface area contributed by atoms with Crippen molar-refractivity contribution in [2.24, 2.45) is 0 Å². The monoisotopic (exact) mass is 350 g/mol. The second kappa shape index (κ2) is 6.31. The van der Waals surface area contributed by atoms with Crippen molar-refractivity contribution in [2.75, 3.05) is 5.33 Å². The zero-order chi connectivity index (χ0) is 13.9. The lowest BCUT2D eigenvalue weighted by Crippen LogP contribution is -2.11. The second-order valence-electron chi connectivity index (χ2n) is 5.16. The van der Waals surface area contributed by atoms with E-state index in [1.807, 2.05) is 23.9 Å². The zero-order valence-corrected chi connectivity index (χ0v) is 13.5. The summed E-state index contributed by atoms with van der Waals surface area (Å²) in [4.78, 5) is 1.39. The molecule has 2 aromatic rings. The van der Waals surface area contributed by atoms with Gasteiger partial charge in [-0.25, -0.2) is 4.39 Å². The fraction of sp³-hybridized carbons (Fsp3) is 0.294. The molecule has 104 valence electrons. The standard InChI is InChI=1S/C17H16BrFS/c18-11-13(15-6-2-3-7-16(15)19)10-14-9-12-5-1-4-8-17(12)20-14/h1-8,13-14H,9-11H2. The van der Waals surface area contributed by atoms with Crippen molar-refractivity contribution in [2.45, 2.75) is 28.9 Å². The van der Waals surface area contributed by atoms with Gasteiger partial charge in [0, 0.05) is 15.5 Å². The molecule has 0 N–H and O–H groups in total. The van der Waals surface area contributed by atoms with Gasteiger partial charge in [-0.3, -0.25) is 0 Å². The van der Waals surface area contributed by atoms with Crippen molar-refractivity contribution in [3.63, 3.8) is 0 Å². The molecular weight excluding hydrogens is 335 g/mol. The minimum Gasteiger partial charge on any atom is -0.207 e. The molecule has 2 aromatic carbocycles. The van der Waals surface area contributed by atoms with Crippen LogP contribution in [0, 0.1) is 5.82 Å². The van der Waals surface area contributed by atoms with Crippen LogP contribution in [-0.4, -0.2) is 10.6 Å². The van der Waals surface area contributed by atoms with Gasteiger partial charge in [0.25, 0.3) is 0 Å². The van der Waals surface area contributed by atoms with Crippen molar-refractivity contribution in [3.8, 4) is 0 Å². The highest BCUT2D eigenvalue weighted by Gasteiger charge is 2.26. The molecule has 0 saturated carbocycles. The van der Waals surface area contributed by atoms with E-state index in [4.69, 9.17) is 0 Å². The predicted molar refractivity (Wildman–Crippen MR) is 87.3 cm³/mol. The Balaban J connectivity index is 1.73. The number of hydrogen-bond acceptors (Lipinski definition) is 1. The Kier molecular flexibility index (Phi) is 4.47. The lowest BCUT2D eigenvalue weighted by Gasteiger charge is -2.19. The summed E-state index contributed by atoms with van der Waals surface area (Å²) in [7, 11) is 0. The van der Waals surface area contributed by atoms with E-state index in [0.717, 1.165) is 23.7 Å². The minimum atomic E-state index is -0.0857. The van der Waals surface area contributed by atoms with Gasteiger partial charge in [0.15, 0.2) is 0 Å². The van der Waals surface area contributed by atoms with Gasteiger partial charge in [0.1, 0.15) is 5.82 Å². The van der Waals surface area contributed by atoms with Crippen LogP contribution < -0.4 is 0 Å². The lowest BCUT2D eigenvalue weighted by atomic mass is 9.93. The van der Waals surface area contributed by atoms with Gasteiger partial charge in [-0.2, -0.15) is 0 Å². The first-order valence-electron chi connectivity index (χ1n) is 6.83. The Bertz CT molecular complexity index is 574. The van der Waals surface area contributed by atoms with Crippen LogP contribution in [0.3, 0.4) is 0 Å². The van der Waals surface area contributed by atoms with E-state index < -0.39 is 0 Å². The molecule has 0 fully saturated rings. The summed E-state index contributed by atoms with van der Waals surface area (Å²) in [5.41, 5.74) is 2.27. The molecule has 0 aliphatic carbocycles. The van der Waals surface area contributed by atoms with Crippen molar-refractivity contribution >= 4 is 27.7 Å². The number of fused-ring (bicyclic) bond motifs is 1. The molecule has 2 atom stereocenters. The quantitative estimate of drug-likeness (QED) is 0.664. The fourth-order valence-electron chi connectivity index (χ4n) is 2.78. The molecule has 1 aliphatic rings. The maximum Gasteiger partial charge on any atom is 0.126 e. The molecule has 20 heavy (non-hydrogen) atoms. The van der Waals surface area contributed by atoms with Gasteiger partial charge in [-0.15, -0.1) is 11.8 Å². The third-order valence-corrected chi connectivity index (χ3v) is 5.92. The SMILES string of the molecule is Fc1ccccc1C(CBr)CC1Cc2ccccc2S1. The first-order chi connectivity index (χ1) is 9.78. The summed E-state index contributed by atoms with van der Waals surface area (Å²) in [6, 6.07) is 15.7. The highest BCUT2D eigenvalue weighted by atomic mass is 79.9. The van der Waals surface area contributed by atoms with Crippen molar-refractivity contribution in [3.05, 3.63) is 65.5 Å². The molecule has 3 rings (SSSR count). The first-order valence-corrected chi connectivity index (χ1v) is 8.83. The summed E-state index contributed by atoms with van der Waals surface area (Å²) < 4.78 is 13.9. The topological polar surface area (TPSA) is 0 Å². The van der Waals surface area contributed by atoms with E-state index in [0.29, 0.717) is 5.25 Å². The van der Waals surface area contributed by atoms with Gasteiger partial charge >= 0.3 is 0 Å². The third kappa shape index (κ3) is 2.94. The number of rotatable bonds is 4. The van der Waals surface area contributed by atoms with Gasteiger partial charge in [-0.05, 0) is 42.0 Å². The van der Waals surface area contributed by atoms with Crippen LogP contribution in [0.5, 0.6) is 0 Å². The molecule has 0 amide bonds. The summed E-state index contributed by atoms with van der Waals surface area (Å²) >= 11 is 5.49. The molecule has 0 aromatic heterocycles. The van der Waals surface area contributed by atoms with Crippen molar-refractivity contribution in [1.82, 2.24) is 0 Å². The Morgan fingerprint density at radius 1 is 1.15 bits per heavy atom. The maximum atomic E-state index is 13.9. The molecule has 1 heterocycles. The fourth-order valence-corrected chi connectivity index (χ4v) is 4.81. The normalized spacial score (nSPS) is 18.8. The number of alkyl halides is 1. The molecular formula is C17H16BrFS. The summed E-state index contributed by atoms with van der Waals surface area (Å²) in [5.74, 6) is 0.153. The Morgan fingerprint density at radius 2 is 1.90 bits per heavy atom. The average molecular weight is 351 g/mol. The first kappa shape index (κ1) is 14.2. The van der Waals surface area contributed by atoms with Crippen molar-refractivity contribution < 1.29 is 4.39 Å². The number of hydrogen-bond donors (Lipinski definition) is 0. The van der Waals surface area contributed by atoms with Crippen LogP contribution in [0.25, 0.3) is 0 Å². The van der Waals surface area contributed by atoms with Crippen LogP contribution in [0.1, 0.15) is 23.5 Å². The van der Waals surface area contributed by atoms with Crippen molar-refractivity contribution in [1.29, 1.82) is 0 Å². The summed E-state index contributed by atoms with van der Waals surface area (Å²) in [5, 5.41) is 1.36. The van der Waals surface area contributed by atoms with E-state index in [-0.39, 0.29) is 11.7 Å². The Morgan fingerprint density at radius 3 is 2.65 bits per heavy atom. The smallest absolute Gasteiger partial charge is 0.126 e. The Hall–Kier alpha value is -0.800. The maximum absolute atomic E-state index is 13.9. The van der Waals surface area contributed by atoms with Gasteiger partial charge < -0.3 is 0 Å². The molecule has 0 radical (unpaired) electrons. The van der Waals surface area contributed by atoms with Crippen LogP contribution in [-0.2, 0) is 6.42 Å². The largest absolute Gasteiger partial charge is 0.207 e. The molecule has 0 bridgehead atoms. The van der Waals surface area contributed by atoms with E-state index in [1.54, 1.807) is 12.1 Å². The molecule has 0 saturated heterocycles. The van der Waals surface area contributed by atoms with Gasteiger partial charge in [-0.1, -0.05) is 52.3 Å². The van der Waals surface area contributed by atoms with Crippen LogP contribution in [0.15, 0.2) is 53.4 Å². The van der Waals surface area contributed by atoms with Gasteiger partial charge in [0.05, 0.1) is 0 Å². The molecule has 0 nitrogen and oxygen atoms in total.